The Hall–Kier alpha value is -0.380. The summed E-state index contributed by atoms with van der Waals surface area (Å²) in [7, 11) is 0. The van der Waals surface area contributed by atoms with Crippen LogP contribution in [0.25, 0.3) is 0 Å². The molecule has 0 radical (unpaired) electrons. The molecule has 0 aromatic rings. The van der Waals surface area contributed by atoms with Gasteiger partial charge >= 0.3 is 0 Å². The van der Waals surface area contributed by atoms with Gasteiger partial charge in [0.25, 0.3) is 0 Å². The largest absolute Gasteiger partial charge is 0.369 e. The summed E-state index contributed by atoms with van der Waals surface area (Å²) < 4.78 is 9.93. The summed E-state index contributed by atoms with van der Waals surface area (Å²) in [6, 6.07) is 0. The van der Waals surface area contributed by atoms with E-state index in [2.05, 4.69) is 6.58 Å². The van der Waals surface area contributed by atoms with Crippen LogP contribution >= 0.6 is 0 Å². The monoisotopic (exact) mass is 129 g/mol. The fourth-order valence-corrected chi connectivity index (χ4v) is 0.532. The van der Waals surface area contributed by atoms with E-state index in [1.54, 1.807) is 6.08 Å². The third kappa shape index (κ3) is 2.13. The molecule has 2 atom stereocenters. The van der Waals surface area contributed by atoms with Crippen LogP contribution in [0.5, 0.6) is 0 Å². The van der Waals surface area contributed by atoms with Crippen molar-refractivity contribution >= 4 is 0 Å². The number of rotatable bonds is 4. The molecule has 0 spiro atoms. The van der Waals surface area contributed by atoms with Gasteiger partial charge in [0.05, 0.1) is 13.2 Å². The first-order valence-electron chi connectivity index (χ1n) is 2.94. The highest BCUT2D eigenvalue weighted by Crippen LogP contribution is 2.12. The van der Waals surface area contributed by atoms with Crippen molar-refractivity contribution in [1.82, 2.24) is 0 Å². The van der Waals surface area contributed by atoms with Gasteiger partial charge in [0.15, 0.2) is 0 Å². The molecule has 3 nitrogen and oxygen atoms in total. The molecule has 0 bridgehead atoms. The average molecular weight is 129 g/mol. The SMILES string of the molecule is C=CCOC(N)C1CO1. The molecule has 0 aromatic carbocycles. The van der Waals surface area contributed by atoms with E-state index >= 15 is 0 Å². The summed E-state index contributed by atoms with van der Waals surface area (Å²) >= 11 is 0. The number of epoxide rings is 1. The summed E-state index contributed by atoms with van der Waals surface area (Å²) in [6.07, 6.45) is 1.54. The lowest BCUT2D eigenvalue weighted by atomic mass is 10.4. The highest BCUT2D eigenvalue weighted by molar-refractivity contribution is 4.76. The molecular formula is C6H11NO2. The summed E-state index contributed by atoms with van der Waals surface area (Å²) in [6.45, 7) is 4.73. The quantitative estimate of drug-likeness (QED) is 0.327. The van der Waals surface area contributed by atoms with Crippen molar-refractivity contribution in [2.75, 3.05) is 13.2 Å². The minimum atomic E-state index is -0.261. The van der Waals surface area contributed by atoms with Crippen LogP contribution in [-0.4, -0.2) is 25.5 Å². The van der Waals surface area contributed by atoms with Crippen molar-refractivity contribution in [3.63, 3.8) is 0 Å². The van der Waals surface area contributed by atoms with Crippen molar-refractivity contribution in [3.8, 4) is 0 Å². The summed E-state index contributed by atoms with van der Waals surface area (Å²) in [5.41, 5.74) is 5.47. The van der Waals surface area contributed by atoms with Crippen molar-refractivity contribution in [2.45, 2.75) is 12.3 Å². The molecule has 9 heavy (non-hydrogen) atoms. The predicted molar refractivity (Wildman–Crippen MR) is 33.9 cm³/mol. The minimum absolute atomic E-state index is 0.130. The van der Waals surface area contributed by atoms with Gasteiger partial charge in [-0.1, -0.05) is 6.08 Å². The van der Waals surface area contributed by atoms with Crippen molar-refractivity contribution < 1.29 is 9.47 Å². The molecule has 0 aliphatic carbocycles. The number of ether oxygens (including phenoxy) is 2. The molecule has 0 aromatic heterocycles. The number of hydrogen-bond acceptors (Lipinski definition) is 3. The normalized spacial score (nSPS) is 27.4. The fraction of sp³-hybridized carbons (Fsp3) is 0.667. The molecule has 1 saturated heterocycles. The first kappa shape index (κ1) is 6.74. The van der Waals surface area contributed by atoms with Gasteiger partial charge in [-0.25, -0.2) is 0 Å². The topological polar surface area (TPSA) is 47.8 Å². The Labute approximate surface area is 54.4 Å². The first-order valence-corrected chi connectivity index (χ1v) is 2.94. The maximum atomic E-state index is 5.47. The van der Waals surface area contributed by atoms with Crippen LogP contribution in [0.1, 0.15) is 0 Å². The van der Waals surface area contributed by atoms with Crippen molar-refractivity contribution in [3.05, 3.63) is 12.7 Å². The van der Waals surface area contributed by atoms with Gasteiger partial charge in [-0.15, -0.1) is 6.58 Å². The van der Waals surface area contributed by atoms with Gasteiger partial charge in [-0.3, -0.25) is 0 Å². The van der Waals surface area contributed by atoms with Crippen LogP contribution in [-0.2, 0) is 9.47 Å². The Morgan fingerprint density at radius 1 is 2.00 bits per heavy atom. The van der Waals surface area contributed by atoms with Gasteiger partial charge in [0.1, 0.15) is 12.3 Å². The Kier molecular flexibility index (Phi) is 2.22. The molecule has 0 saturated carbocycles. The summed E-state index contributed by atoms with van der Waals surface area (Å²) in [5.74, 6) is 0. The molecule has 1 aliphatic rings. The summed E-state index contributed by atoms with van der Waals surface area (Å²) in [4.78, 5) is 0. The highest BCUT2D eigenvalue weighted by Gasteiger charge is 2.30. The van der Waals surface area contributed by atoms with Crippen LogP contribution in [0.3, 0.4) is 0 Å². The van der Waals surface area contributed by atoms with Gasteiger partial charge < -0.3 is 15.2 Å². The van der Waals surface area contributed by atoms with Gasteiger partial charge in [0.2, 0.25) is 0 Å². The Morgan fingerprint density at radius 2 is 2.67 bits per heavy atom. The Morgan fingerprint density at radius 3 is 3.11 bits per heavy atom. The maximum Gasteiger partial charge on any atom is 0.134 e. The van der Waals surface area contributed by atoms with Gasteiger partial charge in [0, 0.05) is 0 Å². The van der Waals surface area contributed by atoms with Crippen LogP contribution < -0.4 is 5.73 Å². The van der Waals surface area contributed by atoms with Crippen LogP contribution in [0.2, 0.25) is 0 Å². The fourth-order valence-electron chi connectivity index (χ4n) is 0.532. The highest BCUT2D eigenvalue weighted by atomic mass is 16.6. The van der Waals surface area contributed by atoms with Crippen LogP contribution in [0.15, 0.2) is 12.7 Å². The van der Waals surface area contributed by atoms with E-state index in [1.807, 2.05) is 0 Å². The smallest absolute Gasteiger partial charge is 0.134 e. The van der Waals surface area contributed by atoms with Gasteiger partial charge in [-0.05, 0) is 0 Å². The average Bonchev–Trinajstić information content (AvgIpc) is 2.63. The van der Waals surface area contributed by atoms with E-state index in [4.69, 9.17) is 15.2 Å². The predicted octanol–water partition coefficient (Wildman–Crippen LogP) is -0.127. The summed E-state index contributed by atoms with van der Waals surface area (Å²) in [5, 5.41) is 0. The lowest BCUT2D eigenvalue weighted by Gasteiger charge is -2.06. The lowest BCUT2D eigenvalue weighted by Crippen LogP contribution is -2.29. The molecule has 52 valence electrons. The Balaban J connectivity index is 2.02. The third-order valence-corrected chi connectivity index (χ3v) is 1.13. The second-order valence-corrected chi connectivity index (χ2v) is 1.96. The third-order valence-electron chi connectivity index (χ3n) is 1.13. The zero-order valence-electron chi connectivity index (χ0n) is 5.25. The molecule has 2 N–H and O–H groups in total. The lowest BCUT2D eigenvalue weighted by molar-refractivity contribution is 0.0566. The molecule has 1 fully saturated rings. The molecule has 1 aliphatic heterocycles. The minimum Gasteiger partial charge on any atom is -0.369 e. The van der Waals surface area contributed by atoms with E-state index in [9.17, 15) is 0 Å². The molecule has 3 heteroatoms. The maximum absolute atomic E-state index is 5.47. The molecule has 2 unspecified atom stereocenters. The first-order chi connectivity index (χ1) is 4.34. The molecule has 0 amide bonds. The van der Waals surface area contributed by atoms with Crippen molar-refractivity contribution in [1.29, 1.82) is 0 Å². The van der Waals surface area contributed by atoms with Gasteiger partial charge in [-0.2, -0.15) is 0 Å². The molecule has 1 heterocycles. The second-order valence-electron chi connectivity index (χ2n) is 1.96. The van der Waals surface area contributed by atoms with Crippen LogP contribution in [0.4, 0.5) is 0 Å². The standard InChI is InChI=1S/C6H11NO2/c1-2-3-8-6(7)5-4-9-5/h2,5-6H,1,3-4,7H2. The van der Waals surface area contributed by atoms with E-state index in [1.165, 1.54) is 0 Å². The second kappa shape index (κ2) is 2.96. The van der Waals surface area contributed by atoms with Crippen molar-refractivity contribution in [2.24, 2.45) is 5.73 Å². The Bertz CT molecular complexity index is 101. The van der Waals surface area contributed by atoms with E-state index in [0.717, 1.165) is 6.61 Å². The number of hydrogen-bond donors (Lipinski definition) is 1. The zero-order chi connectivity index (χ0) is 6.69. The molecular weight excluding hydrogens is 118 g/mol. The number of nitrogens with two attached hydrogens (primary N) is 1. The van der Waals surface area contributed by atoms with Crippen LogP contribution in [0, 0.1) is 0 Å². The van der Waals surface area contributed by atoms with E-state index in [-0.39, 0.29) is 12.3 Å². The molecule has 1 rings (SSSR count). The zero-order valence-corrected chi connectivity index (χ0v) is 5.25. The van der Waals surface area contributed by atoms with E-state index < -0.39 is 0 Å². The van der Waals surface area contributed by atoms with E-state index in [0.29, 0.717) is 6.61 Å².